The summed E-state index contributed by atoms with van der Waals surface area (Å²) in [7, 11) is 0. The predicted octanol–water partition coefficient (Wildman–Crippen LogP) is 2.93. The van der Waals surface area contributed by atoms with Crippen LogP contribution in [0.15, 0.2) is 24.3 Å². The van der Waals surface area contributed by atoms with Crippen molar-refractivity contribution < 1.29 is 14.3 Å². The molecule has 0 aliphatic carbocycles. The standard InChI is InChI=1S/C15H22N2O3/c1-14(2,3)20-13(18)17-16-12-10-8-6-7-9-11(10)19-15(12,4)5/h6-9,12,16H,1-5H3,(H,17,18). The van der Waals surface area contributed by atoms with Crippen molar-refractivity contribution in [2.24, 2.45) is 0 Å². The minimum absolute atomic E-state index is 0.133. The first-order valence-electron chi connectivity index (χ1n) is 6.71. The fraction of sp³-hybridized carbons (Fsp3) is 0.533. The van der Waals surface area contributed by atoms with Gasteiger partial charge in [0.15, 0.2) is 0 Å². The number of rotatable bonds is 2. The van der Waals surface area contributed by atoms with Gasteiger partial charge in [-0.05, 0) is 40.7 Å². The van der Waals surface area contributed by atoms with Gasteiger partial charge in [-0.2, -0.15) is 0 Å². The molecule has 110 valence electrons. The predicted molar refractivity (Wildman–Crippen MR) is 76.4 cm³/mol. The number of hydrogen-bond acceptors (Lipinski definition) is 4. The Morgan fingerprint density at radius 1 is 1.30 bits per heavy atom. The molecular weight excluding hydrogens is 256 g/mol. The minimum atomic E-state index is -0.522. The first-order valence-corrected chi connectivity index (χ1v) is 6.71. The Labute approximate surface area is 119 Å². The average molecular weight is 278 g/mol. The zero-order chi connectivity index (χ0) is 15.0. The third kappa shape index (κ3) is 3.22. The molecule has 1 unspecified atom stereocenters. The van der Waals surface area contributed by atoms with Gasteiger partial charge in [0.2, 0.25) is 0 Å². The summed E-state index contributed by atoms with van der Waals surface area (Å²) in [6.45, 7) is 9.42. The van der Waals surface area contributed by atoms with Gasteiger partial charge in [-0.25, -0.2) is 10.2 Å². The zero-order valence-corrected chi connectivity index (χ0v) is 12.6. The SMILES string of the molecule is CC(C)(C)OC(=O)NNC1c2ccccc2OC1(C)C. The van der Waals surface area contributed by atoms with Gasteiger partial charge in [-0.15, -0.1) is 0 Å². The molecule has 1 atom stereocenters. The van der Waals surface area contributed by atoms with E-state index in [-0.39, 0.29) is 6.04 Å². The summed E-state index contributed by atoms with van der Waals surface area (Å²) in [5.41, 5.74) is 5.64. The largest absolute Gasteiger partial charge is 0.485 e. The van der Waals surface area contributed by atoms with E-state index in [2.05, 4.69) is 10.9 Å². The number of benzene rings is 1. The number of carbonyl (C=O) groups is 1. The van der Waals surface area contributed by atoms with Crippen molar-refractivity contribution in [3.8, 4) is 5.75 Å². The second-order valence-electron chi connectivity index (χ2n) is 6.45. The second kappa shape index (κ2) is 4.98. The molecule has 0 fully saturated rings. The number of hydrazine groups is 1. The molecule has 1 amide bonds. The Hall–Kier alpha value is -1.75. The molecule has 2 rings (SSSR count). The van der Waals surface area contributed by atoms with E-state index in [0.717, 1.165) is 11.3 Å². The van der Waals surface area contributed by atoms with E-state index in [1.165, 1.54) is 0 Å². The first kappa shape index (κ1) is 14.7. The van der Waals surface area contributed by atoms with Gasteiger partial charge in [0.05, 0.1) is 6.04 Å². The third-order valence-electron chi connectivity index (χ3n) is 3.02. The van der Waals surface area contributed by atoms with Crippen molar-refractivity contribution in [2.75, 3.05) is 0 Å². The van der Waals surface area contributed by atoms with Gasteiger partial charge in [0, 0.05) is 5.56 Å². The van der Waals surface area contributed by atoms with E-state index in [9.17, 15) is 4.79 Å². The van der Waals surface area contributed by atoms with E-state index in [1.54, 1.807) is 0 Å². The molecule has 1 aromatic carbocycles. The van der Waals surface area contributed by atoms with Crippen LogP contribution < -0.4 is 15.6 Å². The summed E-state index contributed by atoms with van der Waals surface area (Å²) in [5.74, 6) is 0.834. The number of hydrogen-bond donors (Lipinski definition) is 2. The maximum atomic E-state index is 11.7. The van der Waals surface area contributed by atoms with E-state index >= 15 is 0 Å². The number of amides is 1. The normalized spacial score (nSPS) is 19.9. The Balaban J connectivity index is 2.04. The summed E-state index contributed by atoms with van der Waals surface area (Å²) in [6, 6.07) is 7.65. The summed E-state index contributed by atoms with van der Waals surface area (Å²) < 4.78 is 11.1. The van der Waals surface area contributed by atoms with Crippen LogP contribution in [0.5, 0.6) is 5.75 Å². The molecule has 0 aromatic heterocycles. The second-order valence-corrected chi connectivity index (χ2v) is 6.45. The highest BCUT2D eigenvalue weighted by Crippen LogP contribution is 2.42. The highest BCUT2D eigenvalue weighted by atomic mass is 16.6. The number of fused-ring (bicyclic) bond motifs is 1. The van der Waals surface area contributed by atoms with Crippen LogP contribution in [0.25, 0.3) is 0 Å². The number of para-hydroxylation sites is 1. The molecule has 0 radical (unpaired) electrons. The average Bonchev–Trinajstić information content (AvgIpc) is 2.53. The lowest BCUT2D eigenvalue weighted by atomic mass is 9.95. The van der Waals surface area contributed by atoms with E-state index in [0.29, 0.717) is 0 Å². The Morgan fingerprint density at radius 3 is 2.60 bits per heavy atom. The van der Waals surface area contributed by atoms with E-state index in [1.807, 2.05) is 58.9 Å². The Bertz CT molecular complexity index is 506. The molecule has 1 aliphatic heterocycles. The zero-order valence-electron chi connectivity index (χ0n) is 12.6. The molecule has 0 spiro atoms. The maximum Gasteiger partial charge on any atom is 0.422 e. The summed E-state index contributed by atoms with van der Waals surface area (Å²) in [5, 5.41) is 0. The highest BCUT2D eigenvalue weighted by molar-refractivity contribution is 5.67. The van der Waals surface area contributed by atoms with Crippen LogP contribution in [0.2, 0.25) is 0 Å². The van der Waals surface area contributed by atoms with Crippen molar-refractivity contribution in [3.05, 3.63) is 29.8 Å². The fourth-order valence-corrected chi connectivity index (χ4v) is 2.22. The van der Waals surface area contributed by atoms with Crippen LogP contribution in [0.4, 0.5) is 4.79 Å². The van der Waals surface area contributed by atoms with Crippen molar-refractivity contribution >= 4 is 6.09 Å². The summed E-state index contributed by atoms with van der Waals surface area (Å²) in [4.78, 5) is 11.7. The topological polar surface area (TPSA) is 59.6 Å². The van der Waals surface area contributed by atoms with Crippen molar-refractivity contribution in [2.45, 2.75) is 51.9 Å². The van der Waals surface area contributed by atoms with Crippen molar-refractivity contribution in [1.82, 2.24) is 10.9 Å². The lowest BCUT2D eigenvalue weighted by molar-refractivity contribution is 0.0426. The smallest absolute Gasteiger partial charge is 0.422 e. The fourth-order valence-electron chi connectivity index (χ4n) is 2.22. The van der Waals surface area contributed by atoms with E-state index < -0.39 is 17.3 Å². The molecule has 0 bridgehead atoms. The molecule has 5 heteroatoms. The third-order valence-corrected chi connectivity index (χ3v) is 3.02. The van der Waals surface area contributed by atoms with Crippen LogP contribution in [-0.4, -0.2) is 17.3 Å². The molecule has 1 aromatic rings. The van der Waals surface area contributed by atoms with Crippen LogP contribution in [0, 0.1) is 0 Å². The van der Waals surface area contributed by atoms with Gasteiger partial charge < -0.3 is 9.47 Å². The van der Waals surface area contributed by atoms with Crippen LogP contribution in [0.1, 0.15) is 46.2 Å². The molecule has 20 heavy (non-hydrogen) atoms. The van der Waals surface area contributed by atoms with Gasteiger partial charge in [0.1, 0.15) is 17.0 Å². The maximum absolute atomic E-state index is 11.7. The lowest BCUT2D eigenvalue weighted by Crippen LogP contribution is -2.48. The van der Waals surface area contributed by atoms with Gasteiger partial charge in [-0.3, -0.25) is 5.43 Å². The summed E-state index contributed by atoms with van der Waals surface area (Å²) in [6.07, 6.45) is -0.502. The Kier molecular flexibility index (Phi) is 3.65. The molecule has 0 saturated heterocycles. The van der Waals surface area contributed by atoms with Gasteiger partial charge in [-0.1, -0.05) is 18.2 Å². The molecule has 0 saturated carbocycles. The highest BCUT2D eigenvalue weighted by Gasteiger charge is 2.41. The molecule has 2 N–H and O–H groups in total. The minimum Gasteiger partial charge on any atom is -0.485 e. The molecule has 1 aliphatic rings. The molecule has 1 heterocycles. The van der Waals surface area contributed by atoms with Crippen molar-refractivity contribution in [3.63, 3.8) is 0 Å². The van der Waals surface area contributed by atoms with Crippen LogP contribution in [-0.2, 0) is 4.74 Å². The number of nitrogens with one attached hydrogen (secondary N) is 2. The first-order chi connectivity index (χ1) is 9.19. The monoisotopic (exact) mass is 278 g/mol. The van der Waals surface area contributed by atoms with E-state index in [4.69, 9.17) is 9.47 Å². The lowest BCUT2D eigenvalue weighted by Gasteiger charge is -2.28. The number of ether oxygens (including phenoxy) is 2. The number of carbonyl (C=O) groups excluding carboxylic acids is 1. The quantitative estimate of drug-likeness (QED) is 0.817. The molecular formula is C15H22N2O3. The Morgan fingerprint density at radius 2 is 1.95 bits per heavy atom. The molecule has 5 nitrogen and oxygen atoms in total. The summed E-state index contributed by atoms with van der Waals surface area (Å²) >= 11 is 0. The van der Waals surface area contributed by atoms with Crippen LogP contribution in [0.3, 0.4) is 0 Å². The van der Waals surface area contributed by atoms with Crippen molar-refractivity contribution in [1.29, 1.82) is 0 Å². The van der Waals surface area contributed by atoms with Crippen LogP contribution >= 0.6 is 0 Å². The van der Waals surface area contributed by atoms with Gasteiger partial charge >= 0.3 is 6.09 Å². The van der Waals surface area contributed by atoms with Gasteiger partial charge in [0.25, 0.3) is 0 Å².